The van der Waals surface area contributed by atoms with Gasteiger partial charge in [0, 0.05) is 11.3 Å². The Labute approximate surface area is 172 Å². The van der Waals surface area contributed by atoms with E-state index in [0.29, 0.717) is 23.6 Å². The number of aryl methyl sites for hydroxylation is 1. The van der Waals surface area contributed by atoms with Gasteiger partial charge >= 0.3 is 5.69 Å². The minimum atomic E-state index is -0.626. The van der Waals surface area contributed by atoms with Gasteiger partial charge in [-0.15, -0.1) is 0 Å². The first-order valence-corrected chi connectivity index (χ1v) is 9.11. The molecule has 0 radical (unpaired) electrons. The van der Waals surface area contributed by atoms with Crippen LogP contribution in [0.2, 0.25) is 0 Å². The van der Waals surface area contributed by atoms with Crippen LogP contribution < -0.4 is 20.9 Å². The van der Waals surface area contributed by atoms with Gasteiger partial charge in [-0.2, -0.15) is 0 Å². The lowest BCUT2D eigenvalue weighted by Crippen LogP contribution is -2.30. The number of carbonyl (C=O) groups is 1. The van der Waals surface area contributed by atoms with Gasteiger partial charge in [-0.1, -0.05) is 18.2 Å². The standard InChI is InChI=1S/C20H20N6O4/c1-3-30-15-10-8-14(9-11-15)23-18-17(26(28)29)19(22-12-21-18)24-25-20(27)16-7-5-4-6-13(16)2/h4-12H,3H2,1-2H3,(H,25,27)(H2,21,22,23,24). The Bertz CT molecular complexity index is 1060. The highest BCUT2D eigenvalue weighted by atomic mass is 16.6. The Hall–Kier alpha value is -4.21. The van der Waals surface area contributed by atoms with Gasteiger partial charge in [-0.05, 0) is 49.7 Å². The Morgan fingerprint density at radius 3 is 2.47 bits per heavy atom. The van der Waals surface area contributed by atoms with Gasteiger partial charge in [0.1, 0.15) is 12.1 Å². The summed E-state index contributed by atoms with van der Waals surface area (Å²) in [4.78, 5) is 31.3. The second-order valence-electron chi connectivity index (χ2n) is 6.15. The van der Waals surface area contributed by atoms with E-state index in [4.69, 9.17) is 4.74 Å². The molecule has 0 aliphatic rings. The lowest BCUT2D eigenvalue weighted by Gasteiger charge is -2.12. The van der Waals surface area contributed by atoms with Gasteiger partial charge < -0.3 is 10.1 Å². The molecule has 3 aromatic rings. The quantitative estimate of drug-likeness (QED) is 0.381. The average Bonchev–Trinajstić information content (AvgIpc) is 2.74. The monoisotopic (exact) mass is 408 g/mol. The molecule has 10 nitrogen and oxygen atoms in total. The van der Waals surface area contributed by atoms with E-state index in [-0.39, 0.29) is 11.6 Å². The van der Waals surface area contributed by atoms with E-state index in [1.807, 2.05) is 13.0 Å². The summed E-state index contributed by atoms with van der Waals surface area (Å²) in [7, 11) is 0. The van der Waals surface area contributed by atoms with Crippen molar-refractivity contribution in [2.75, 3.05) is 17.3 Å². The number of hydrogen-bond donors (Lipinski definition) is 3. The number of nitrogens with one attached hydrogen (secondary N) is 3. The molecule has 1 amide bonds. The third kappa shape index (κ3) is 4.79. The van der Waals surface area contributed by atoms with Crippen LogP contribution in [-0.2, 0) is 0 Å². The van der Waals surface area contributed by atoms with Crippen molar-refractivity contribution < 1.29 is 14.5 Å². The summed E-state index contributed by atoms with van der Waals surface area (Å²) in [5, 5.41) is 14.5. The van der Waals surface area contributed by atoms with E-state index in [1.54, 1.807) is 49.4 Å². The Kier molecular flexibility index (Phi) is 6.38. The number of amides is 1. The van der Waals surface area contributed by atoms with Crippen molar-refractivity contribution in [1.82, 2.24) is 15.4 Å². The second-order valence-corrected chi connectivity index (χ2v) is 6.15. The highest BCUT2D eigenvalue weighted by molar-refractivity contribution is 5.96. The molecule has 0 aliphatic carbocycles. The predicted octanol–water partition coefficient (Wildman–Crippen LogP) is 3.59. The molecule has 1 aromatic heterocycles. The number of hydrazine groups is 1. The van der Waals surface area contributed by atoms with E-state index in [9.17, 15) is 14.9 Å². The van der Waals surface area contributed by atoms with Crippen molar-refractivity contribution in [1.29, 1.82) is 0 Å². The van der Waals surface area contributed by atoms with Crippen LogP contribution in [0.25, 0.3) is 0 Å². The van der Waals surface area contributed by atoms with E-state index in [2.05, 4.69) is 26.1 Å². The molecule has 0 bridgehead atoms. The summed E-state index contributed by atoms with van der Waals surface area (Å²) in [5.74, 6) is 0.0701. The molecule has 3 N–H and O–H groups in total. The van der Waals surface area contributed by atoms with Gasteiger partial charge in [0.2, 0.25) is 11.6 Å². The van der Waals surface area contributed by atoms with Crippen molar-refractivity contribution in [3.63, 3.8) is 0 Å². The minimum Gasteiger partial charge on any atom is -0.494 e. The van der Waals surface area contributed by atoms with Gasteiger partial charge in [0.15, 0.2) is 0 Å². The molecule has 0 saturated carbocycles. The molecule has 10 heteroatoms. The molecule has 0 unspecified atom stereocenters. The van der Waals surface area contributed by atoms with Crippen LogP contribution >= 0.6 is 0 Å². The number of anilines is 3. The van der Waals surface area contributed by atoms with Crippen LogP contribution in [0.15, 0.2) is 54.9 Å². The lowest BCUT2D eigenvalue weighted by atomic mass is 10.1. The Morgan fingerprint density at radius 2 is 1.80 bits per heavy atom. The predicted molar refractivity (Wildman–Crippen MR) is 112 cm³/mol. The van der Waals surface area contributed by atoms with E-state index in [1.165, 1.54) is 0 Å². The third-order valence-electron chi connectivity index (χ3n) is 4.12. The van der Waals surface area contributed by atoms with E-state index in [0.717, 1.165) is 11.9 Å². The molecular weight excluding hydrogens is 388 g/mol. The fourth-order valence-electron chi connectivity index (χ4n) is 2.68. The summed E-state index contributed by atoms with van der Waals surface area (Å²) in [6, 6.07) is 13.9. The molecule has 30 heavy (non-hydrogen) atoms. The molecule has 0 saturated heterocycles. The molecule has 0 spiro atoms. The highest BCUT2D eigenvalue weighted by Crippen LogP contribution is 2.31. The van der Waals surface area contributed by atoms with Crippen molar-refractivity contribution in [2.24, 2.45) is 0 Å². The Balaban J connectivity index is 1.80. The van der Waals surface area contributed by atoms with Crippen LogP contribution in [0.4, 0.5) is 23.0 Å². The molecule has 0 atom stereocenters. The van der Waals surface area contributed by atoms with Crippen LogP contribution in [-0.4, -0.2) is 27.4 Å². The van der Waals surface area contributed by atoms with Gasteiger partial charge in [-0.25, -0.2) is 9.97 Å². The lowest BCUT2D eigenvalue weighted by molar-refractivity contribution is -0.383. The van der Waals surface area contributed by atoms with Crippen LogP contribution in [0.1, 0.15) is 22.8 Å². The molecule has 154 valence electrons. The average molecular weight is 408 g/mol. The van der Waals surface area contributed by atoms with Gasteiger partial charge in [0.05, 0.1) is 11.5 Å². The topological polar surface area (TPSA) is 131 Å². The third-order valence-corrected chi connectivity index (χ3v) is 4.12. The molecule has 1 heterocycles. The molecule has 0 aliphatic heterocycles. The Morgan fingerprint density at radius 1 is 1.10 bits per heavy atom. The SMILES string of the molecule is CCOc1ccc(Nc2ncnc(NNC(=O)c3ccccc3C)c2[N+](=O)[O-])cc1. The zero-order valence-electron chi connectivity index (χ0n) is 16.4. The number of ether oxygens (including phenoxy) is 1. The summed E-state index contributed by atoms with van der Waals surface area (Å²) in [5.41, 5.74) is 6.34. The molecule has 3 rings (SSSR count). The number of hydrogen-bond acceptors (Lipinski definition) is 8. The maximum absolute atomic E-state index is 12.4. The number of benzene rings is 2. The van der Waals surface area contributed by atoms with Crippen LogP contribution in [0.3, 0.4) is 0 Å². The number of nitro groups is 1. The number of nitrogens with zero attached hydrogens (tertiary/aromatic N) is 3. The van der Waals surface area contributed by atoms with Crippen LogP contribution in [0.5, 0.6) is 5.75 Å². The van der Waals surface area contributed by atoms with E-state index < -0.39 is 16.5 Å². The first kappa shape index (κ1) is 20.5. The molecular formula is C20H20N6O4. The first-order chi connectivity index (χ1) is 14.5. The normalized spacial score (nSPS) is 10.2. The molecule has 0 fully saturated rings. The summed E-state index contributed by atoms with van der Waals surface area (Å²) >= 11 is 0. The fourth-order valence-corrected chi connectivity index (χ4v) is 2.68. The number of aromatic nitrogens is 2. The smallest absolute Gasteiger partial charge is 0.355 e. The molecule has 2 aromatic carbocycles. The fraction of sp³-hybridized carbons (Fsp3) is 0.150. The summed E-state index contributed by atoms with van der Waals surface area (Å²) in [6.07, 6.45) is 1.16. The number of carbonyl (C=O) groups excluding carboxylic acids is 1. The van der Waals surface area contributed by atoms with E-state index >= 15 is 0 Å². The first-order valence-electron chi connectivity index (χ1n) is 9.11. The maximum atomic E-state index is 12.4. The minimum absolute atomic E-state index is 0.0215. The maximum Gasteiger partial charge on any atom is 0.355 e. The van der Waals surface area contributed by atoms with Crippen molar-refractivity contribution in [3.05, 3.63) is 76.1 Å². The highest BCUT2D eigenvalue weighted by Gasteiger charge is 2.24. The van der Waals surface area contributed by atoms with Crippen molar-refractivity contribution in [3.8, 4) is 5.75 Å². The van der Waals surface area contributed by atoms with Crippen LogP contribution in [0, 0.1) is 17.0 Å². The largest absolute Gasteiger partial charge is 0.494 e. The summed E-state index contributed by atoms with van der Waals surface area (Å²) < 4.78 is 5.38. The van der Waals surface area contributed by atoms with Gasteiger partial charge in [0.25, 0.3) is 5.91 Å². The number of rotatable bonds is 8. The van der Waals surface area contributed by atoms with Crippen molar-refractivity contribution in [2.45, 2.75) is 13.8 Å². The summed E-state index contributed by atoms with van der Waals surface area (Å²) in [6.45, 7) is 4.21. The zero-order chi connectivity index (χ0) is 21.5. The van der Waals surface area contributed by atoms with Gasteiger partial charge in [-0.3, -0.25) is 25.8 Å². The zero-order valence-corrected chi connectivity index (χ0v) is 16.4. The van der Waals surface area contributed by atoms with Crippen molar-refractivity contribution >= 4 is 28.9 Å². The second kappa shape index (κ2) is 9.32.